The molecule has 0 aliphatic carbocycles. The monoisotopic (exact) mass is 614 g/mol. The number of ether oxygens (including phenoxy) is 3. The van der Waals surface area contributed by atoms with Crippen molar-refractivity contribution in [3.05, 3.63) is 114 Å². The van der Waals surface area contributed by atoms with E-state index in [9.17, 15) is 18.0 Å². The second kappa shape index (κ2) is 13.3. The van der Waals surface area contributed by atoms with E-state index in [1.54, 1.807) is 43.5 Å². The molecule has 0 N–H and O–H groups in total. The Morgan fingerprint density at radius 2 is 1.18 bits per heavy atom. The van der Waals surface area contributed by atoms with Crippen molar-refractivity contribution in [3.8, 4) is 17.2 Å². The van der Waals surface area contributed by atoms with Crippen molar-refractivity contribution >= 4 is 27.6 Å². The molecule has 0 atom stereocenters. The van der Waals surface area contributed by atoms with Crippen LogP contribution < -0.4 is 19.1 Å². The van der Waals surface area contributed by atoms with Gasteiger partial charge in [-0.1, -0.05) is 54.6 Å². The van der Waals surface area contributed by atoms with Gasteiger partial charge in [0, 0.05) is 45.9 Å². The van der Waals surface area contributed by atoms with Crippen molar-refractivity contribution in [3.63, 3.8) is 0 Å². The van der Waals surface area contributed by atoms with Crippen LogP contribution in [0.5, 0.6) is 17.2 Å². The van der Waals surface area contributed by atoms with E-state index in [0.717, 1.165) is 22.6 Å². The first-order valence-corrected chi connectivity index (χ1v) is 15.6. The number of carbonyl (C=O) groups excluding carboxylic acids is 2. The Morgan fingerprint density at radius 3 is 1.70 bits per heavy atom. The molecule has 0 spiro atoms. The minimum absolute atomic E-state index is 0.212. The van der Waals surface area contributed by atoms with Crippen LogP contribution in [0.1, 0.15) is 36.5 Å². The van der Waals surface area contributed by atoms with Gasteiger partial charge >= 0.3 is 11.9 Å². The lowest BCUT2D eigenvalue weighted by molar-refractivity contribution is -0.132. The summed E-state index contributed by atoms with van der Waals surface area (Å²) < 4.78 is 46.0. The number of rotatable bonds is 9. The molecule has 10 heteroatoms. The highest BCUT2D eigenvalue weighted by atomic mass is 32.2. The number of esters is 2. The molecule has 1 fully saturated rings. The van der Waals surface area contributed by atoms with E-state index in [1.165, 1.54) is 18.2 Å². The van der Waals surface area contributed by atoms with Crippen molar-refractivity contribution in [1.82, 2.24) is 4.31 Å². The second-order valence-electron chi connectivity index (χ2n) is 10.4. The van der Waals surface area contributed by atoms with Gasteiger partial charge in [-0.05, 0) is 59.2 Å². The topological polar surface area (TPSA) is 102 Å². The summed E-state index contributed by atoms with van der Waals surface area (Å²) in [6.45, 7) is 4.32. The maximum Gasteiger partial charge on any atom is 0.308 e. The largest absolute Gasteiger partial charge is 0.495 e. The van der Waals surface area contributed by atoms with Crippen molar-refractivity contribution in [1.29, 1.82) is 0 Å². The van der Waals surface area contributed by atoms with Crippen LogP contribution in [0.15, 0.2) is 102 Å². The number of methoxy groups -OCH3 is 1. The van der Waals surface area contributed by atoms with Crippen LogP contribution in [-0.2, 0) is 19.6 Å². The van der Waals surface area contributed by atoms with Gasteiger partial charge < -0.3 is 19.1 Å². The Morgan fingerprint density at radius 1 is 0.682 bits per heavy atom. The fraction of sp³-hybridized carbons (Fsp3) is 0.235. The number of anilines is 1. The fourth-order valence-electron chi connectivity index (χ4n) is 5.49. The Labute approximate surface area is 257 Å². The molecule has 1 aliphatic rings. The van der Waals surface area contributed by atoms with E-state index < -0.39 is 27.9 Å². The van der Waals surface area contributed by atoms with Gasteiger partial charge in [0.1, 0.15) is 17.2 Å². The second-order valence-corrected chi connectivity index (χ2v) is 12.3. The van der Waals surface area contributed by atoms with Gasteiger partial charge in [0.25, 0.3) is 0 Å². The third kappa shape index (κ3) is 6.77. The number of para-hydroxylation sites is 2. The number of benzene rings is 4. The molecule has 5 rings (SSSR count). The van der Waals surface area contributed by atoms with Crippen LogP contribution in [0.2, 0.25) is 0 Å². The average molecular weight is 615 g/mol. The zero-order chi connectivity index (χ0) is 31.3. The summed E-state index contributed by atoms with van der Waals surface area (Å²) in [5, 5.41) is 0. The van der Waals surface area contributed by atoms with Crippen LogP contribution in [0.25, 0.3) is 0 Å². The van der Waals surface area contributed by atoms with Crippen LogP contribution in [0, 0.1) is 0 Å². The van der Waals surface area contributed by atoms with Crippen molar-refractivity contribution in [2.24, 2.45) is 0 Å². The number of hydrogen-bond donors (Lipinski definition) is 0. The third-order valence-electron chi connectivity index (χ3n) is 7.46. The standard InChI is InChI=1S/C34H34N2O7S/c1-24(37)42-28-16-12-26(13-17-28)34(27-14-18-29(19-15-27)43-25(2)38)30-8-4-7-11-33(30)44(39,40)36-22-20-35(21-23-36)31-9-5-6-10-32(31)41-3/h4-19,34H,20-23H2,1-3H3. The van der Waals surface area contributed by atoms with E-state index in [4.69, 9.17) is 14.2 Å². The smallest absolute Gasteiger partial charge is 0.308 e. The maximum atomic E-state index is 14.3. The molecule has 1 aliphatic heterocycles. The maximum absolute atomic E-state index is 14.3. The minimum atomic E-state index is -3.89. The Kier molecular flexibility index (Phi) is 9.32. The Hall–Kier alpha value is -4.67. The number of nitrogens with zero attached hydrogens (tertiary/aromatic N) is 2. The molecule has 0 unspecified atom stereocenters. The van der Waals surface area contributed by atoms with Gasteiger partial charge in [-0.2, -0.15) is 4.31 Å². The van der Waals surface area contributed by atoms with E-state index in [-0.39, 0.29) is 4.90 Å². The number of piperazine rings is 1. The zero-order valence-electron chi connectivity index (χ0n) is 24.8. The summed E-state index contributed by atoms with van der Waals surface area (Å²) in [6, 6.07) is 28.7. The van der Waals surface area contributed by atoms with Crippen molar-refractivity contribution in [2.45, 2.75) is 24.7 Å². The molecule has 4 aromatic rings. The van der Waals surface area contributed by atoms with Crippen LogP contribution in [-0.4, -0.2) is 58.0 Å². The quantitative estimate of drug-likeness (QED) is 0.143. The molecule has 9 nitrogen and oxygen atoms in total. The summed E-state index contributed by atoms with van der Waals surface area (Å²) in [4.78, 5) is 25.3. The lowest BCUT2D eigenvalue weighted by Crippen LogP contribution is -2.49. The van der Waals surface area contributed by atoms with Crippen molar-refractivity contribution in [2.75, 3.05) is 38.2 Å². The molecule has 1 saturated heterocycles. The lowest BCUT2D eigenvalue weighted by atomic mass is 9.85. The Bertz CT molecular complexity index is 1670. The molecular weight excluding hydrogens is 580 g/mol. The summed E-state index contributed by atoms with van der Waals surface area (Å²) in [6.07, 6.45) is 0. The van der Waals surface area contributed by atoms with E-state index in [1.807, 2.05) is 60.7 Å². The molecule has 44 heavy (non-hydrogen) atoms. The predicted molar refractivity (Wildman–Crippen MR) is 167 cm³/mol. The highest BCUT2D eigenvalue weighted by molar-refractivity contribution is 7.89. The van der Waals surface area contributed by atoms with Crippen LogP contribution >= 0.6 is 0 Å². The van der Waals surface area contributed by atoms with E-state index >= 15 is 0 Å². The normalized spacial score (nSPS) is 13.9. The summed E-state index contributed by atoms with van der Waals surface area (Å²) in [5.74, 6) is 0.165. The molecule has 0 bridgehead atoms. The molecule has 0 radical (unpaired) electrons. The summed E-state index contributed by atoms with van der Waals surface area (Å²) >= 11 is 0. The number of sulfonamides is 1. The first-order valence-electron chi connectivity index (χ1n) is 14.2. The molecule has 0 amide bonds. The van der Waals surface area contributed by atoms with Gasteiger partial charge in [0.15, 0.2) is 0 Å². The zero-order valence-corrected chi connectivity index (χ0v) is 25.6. The van der Waals surface area contributed by atoms with Crippen LogP contribution in [0.3, 0.4) is 0 Å². The highest BCUT2D eigenvalue weighted by Gasteiger charge is 2.33. The summed E-state index contributed by atoms with van der Waals surface area (Å²) in [7, 11) is -2.26. The fourth-order valence-corrected chi connectivity index (χ4v) is 7.15. The van der Waals surface area contributed by atoms with E-state index in [2.05, 4.69) is 4.90 Å². The first-order chi connectivity index (χ1) is 21.2. The van der Waals surface area contributed by atoms with Gasteiger partial charge in [-0.3, -0.25) is 9.59 Å². The van der Waals surface area contributed by atoms with Gasteiger partial charge in [0.2, 0.25) is 10.0 Å². The van der Waals surface area contributed by atoms with Gasteiger partial charge in [-0.15, -0.1) is 0 Å². The molecular formula is C34H34N2O7S. The summed E-state index contributed by atoms with van der Waals surface area (Å²) in [5.41, 5.74) is 3.12. The number of carbonyl (C=O) groups is 2. The van der Waals surface area contributed by atoms with Crippen molar-refractivity contribution < 1.29 is 32.2 Å². The van der Waals surface area contributed by atoms with Crippen LogP contribution in [0.4, 0.5) is 5.69 Å². The average Bonchev–Trinajstić information content (AvgIpc) is 3.02. The lowest BCUT2D eigenvalue weighted by Gasteiger charge is -2.36. The molecule has 1 heterocycles. The SMILES string of the molecule is COc1ccccc1N1CCN(S(=O)(=O)c2ccccc2C(c2ccc(OC(C)=O)cc2)c2ccc(OC(C)=O)cc2)CC1. The van der Waals surface area contributed by atoms with Gasteiger partial charge in [-0.25, -0.2) is 8.42 Å². The minimum Gasteiger partial charge on any atom is -0.495 e. The molecule has 0 aromatic heterocycles. The highest BCUT2D eigenvalue weighted by Crippen LogP contribution is 2.38. The predicted octanol–water partition coefficient (Wildman–Crippen LogP) is 5.24. The number of hydrogen-bond acceptors (Lipinski definition) is 8. The van der Waals surface area contributed by atoms with Gasteiger partial charge in [0.05, 0.1) is 17.7 Å². The third-order valence-corrected chi connectivity index (χ3v) is 9.43. The molecule has 0 saturated carbocycles. The molecule has 4 aromatic carbocycles. The molecule has 228 valence electrons. The first kappa shape index (κ1) is 30.8. The Balaban J connectivity index is 1.50. The van der Waals surface area contributed by atoms with E-state index in [0.29, 0.717) is 43.2 Å².